The zero-order valence-electron chi connectivity index (χ0n) is 12.0. The number of aryl methyl sites for hydroxylation is 2. The first-order valence-corrected chi connectivity index (χ1v) is 7.79. The van der Waals surface area contributed by atoms with Crippen molar-refractivity contribution in [2.45, 2.75) is 18.7 Å². The largest absolute Gasteiger partial charge is 0.506 e. The van der Waals surface area contributed by atoms with Crippen LogP contribution in [0.2, 0.25) is 0 Å². The molecule has 2 rings (SSSR count). The molecule has 0 aliphatic carbocycles. The fourth-order valence-corrected chi connectivity index (χ4v) is 3.40. The van der Waals surface area contributed by atoms with Gasteiger partial charge in [0.1, 0.15) is 17.2 Å². The highest BCUT2D eigenvalue weighted by Gasteiger charge is 2.20. The first kappa shape index (κ1) is 15.2. The summed E-state index contributed by atoms with van der Waals surface area (Å²) in [5.41, 5.74) is 1.64. The molecule has 0 fully saturated rings. The molecule has 0 bridgehead atoms. The first-order chi connectivity index (χ1) is 9.85. The van der Waals surface area contributed by atoms with E-state index in [0.717, 1.165) is 5.56 Å². The Bertz CT molecular complexity index is 769. The molecule has 0 heterocycles. The Morgan fingerprint density at radius 1 is 1.14 bits per heavy atom. The van der Waals surface area contributed by atoms with Crippen molar-refractivity contribution in [3.8, 4) is 11.5 Å². The SMILES string of the molecule is COc1cccc(O)c1NS(=O)(=O)c1ccc(C)cc1C. The normalized spacial score (nSPS) is 11.2. The van der Waals surface area contributed by atoms with E-state index < -0.39 is 10.0 Å². The molecule has 0 unspecified atom stereocenters. The third-order valence-electron chi connectivity index (χ3n) is 3.08. The van der Waals surface area contributed by atoms with Crippen molar-refractivity contribution in [2.75, 3.05) is 11.8 Å². The Balaban J connectivity index is 2.47. The summed E-state index contributed by atoms with van der Waals surface area (Å²) in [4.78, 5) is 0.165. The number of methoxy groups -OCH3 is 1. The number of ether oxygens (including phenoxy) is 1. The second-order valence-electron chi connectivity index (χ2n) is 4.73. The number of hydrogen-bond donors (Lipinski definition) is 2. The van der Waals surface area contributed by atoms with Crippen LogP contribution in [0.3, 0.4) is 0 Å². The van der Waals surface area contributed by atoms with Gasteiger partial charge in [-0.25, -0.2) is 8.42 Å². The molecule has 0 aliphatic rings. The molecule has 2 aromatic rings. The molecule has 0 saturated heterocycles. The van der Waals surface area contributed by atoms with Crippen LogP contribution in [0.1, 0.15) is 11.1 Å². The predicted molar refractivity (Wildman–Crippen MR) is 81.4 cm³/mol. The van der Waals surface area contributed by atoms with E-state index >= 15 is 0 Å². The van der Waals surface area contributed by atoms with Gasteiger partial charge in [0.15, 0.2) is 0 Å². The van der Waals surface area contributed by atoms with E-state index in [9.17, 15) is 13.5 Å². The van der Waals surface area contributed by atoms with E-state index in [1.54, 1.807) is 37.3 Å². The smallest absolute Gasteiger partial charge is 0.262 e. The van der Waals surface area contributed by atoms with Crippen molar-refractivity contribution < 1.29 is 18.3 Å². The maximum Gasteiger partial charge on any atom is 0.262 e. The van der Waals surface area contributed by atoms with Crippen LogP contribution in [-0.2, 0) is 10.0 Å². The van der Waals surface area contributed by atoms with Crippen molar-refractivity contribution >= 4 is 15.7 Å². The monoisotopic (exact) mass is 307 g/mol. The quantitative estimate of drug-likeness (QED) is 0.852. The van der Waals surface area contributed by atoms with Crippen LogP contribution < -0.4 is 9.46 Å². The number of sulfonamides is 1. The van der Waals surface area contributed by atoms with E-state index in [1.807, 2.05) is 6.92 Å². The number of hydrogen-bond acceptors (Lipinski definition) is 4. The molecule has 2 aromatic carbocycles. The number of nitrogens with one attached hydrogen (secondary N) is 1. The van der Waals surface area contributed by atoms with Crippen molar-refractivity contribution in [3.05, 3.63) is 47.5 Å². The summed E-state index contributed by atoms with van der Waals surface area (Å²) in [7, 11) is -2.40. The Kier molecular flexibility index (Phi) is 4.09. The van der Waals surface area contributed by atoms with E-state index in [2.05, 4.69) is 4.72 Å². The highest BCUT2D eigenvalue weighted by molar-refractivity contribution is 7.92. The third-order valence-corrected chi connectivity index (χ3v) is 4.59. The van der Waals surface area contributed by atoms with Crippen LogP contribution in [-0.4, -0.2) is 20.6 Å². The number of phenolic OH excluding ortho intramolecular Hbond substituents is 1. The minimum Gasteiger partial charge on any atom is -0.506 e. The number of anilines is 1. The van der Waals surface area contributed by atoms with Gasteiger partial charge in [-0.3, -0.25) is 4.72 Å². The van der Waals surface area contributed by atoms with Gasteiger partial charge in [0.25, 0.3) is 10.0 Å². The Morgan fingerprint density at radius 2 is 1.86 bits per heavy atom. The van der Waals surface area contributed by atoms with Gasteiger partial charge in [-0.05, 0) is 37.6 Å². The van der Waals surface area contributed by atoms with Crippen LogP contribution in [0.5, 0.6) is 11.5 Å². The molecule has 6 heteroatoms. The predicted octanol–water partition coefficient (Wildman–Crippen LogP) is 2.82. The number of para-hydroxylation sites is 1. The average molecular weight is 307 g/mol. The standard InChI is InChI=1S/C15H17NO4S/c1-10-7-8-14(11(2)9-10)21(18,19)16-15-12(17)5-4-6-13(15)20-3/h4-9,16-17H,1-3H3. The molecule has 5 nitrogen and oxygen atoms in total. The molecule has 0 saturated carbocycles. The van der Waals surface area contributed by atoms with Crippen molar-refractivity contribution in [1.82, 2.24) is 0 Å². The average Bonchev–Trinajstić information content (AvgIpc) is 2.40. The molecule has 0 aliphatic heterocycles. The molecular weight excluding hydrogens is 290 g/mol. The van der Waals surface area contributed by atoms with Gasteiger partial charge in [-0.15, -0.1) is 0 Å². The van der Waals surface area contributed by atoms with E-state index in [0.29, 0.717) is 5.56 Å². The van der Waals surface area contributed by atoms with E-state index in [1.165, 1.54) is 13.2 Å². The number of phenols is 1. The van der Waals surface area contributed by atoms with Gasteiger partial charge in [0.05, 0.1) is 12.0 Å². The molecule has 0 spiro atoms. The number of rotatable bonds is 4. The lowest BCUT2D eigenvalue weighted by Gasteiger charge is -2.14. The van der Waals surface area contributed by atoms with Gasteiger partial charge in [0.2, 0.25) is 0 Å². The minimum atomic E-state index is -3.81. The Morgan fingerprint density at radius 3 is 2.48 bits per heavy atom. The maximum absolute atomic E-state index is 12.5. The lowest BCUT2D eigenvalue weighted by molar-refractivity contribution is 0.411. The molecule has 0 radical (unpaired) electrons. The third kappa shape index (κ3) is 3.11. The fourth-order valence-electron chi connectivity index (χ4n) is 2.08. The van der Waals surface area contributed by atoms with Gasteiger partial charge < -0.3 is 9.84 Å². The second-order valence-corrected chi connectivity index (χ2v) is 6.38. The van der Waals surface area contributed by atoms with E-state index in [4.69, 9.17) is 4.74 Å². The second kappa shape index (κ2) is 5.65. The summed E-state index contributed by atoms with van der Waals surface area (Å²) < 4.78 is 32.4. The Hall–Kier alpha value is -2.21. The minimum absolute atomic E-state index is 0.0278. The van der Waals surface area contributed by atoms with Crippen LogP contribution >= 0.6 is 0 Å². The molecule has 0 aromatic heterocycles. The van der Waals surface area contributed by atoms with E-state index in [-0.39, 0.29) is 22.1 Å². The lowest BCUT2D eigenvalue weighted by Crippen LogP contribution is -2.15. The Labute approximate surface area is 124 Å². The van der Waals surface area contributed by atoms with Crippen LogP contribution in [0.25, 0.3) is 0 Å². The summed E-state index contributed by atoms with van der Waals surface area (Å²) in [5.74, 6) is 0.0611. The number of benzene rings is 2. The van der Waals surface area contributed by atoms with Gasteiger partial charge >= 0.3 is 0 Å². The van der Waals surface area contributed by atoms with Gasteiger partial charge in [-0.2, -0.15) is 0 Å². The van der Waals surface area contributed by atoms with Crippen LogP contribution in [0.15, 0.2) is 41.3 Å². The molecular formula is C15H17NO4S. The summed E-state index contributed by atoms with van der Waals surface area (Å²) in [6, 6.07) is 9.59. The maximum atomic E-state index is 12.5. The summed E-state index contributed by atoms with van der Waals surface area (Å²) in [6.45, 7) is 3.62. The highest BCUT2D eigenvalue weighted by Crippen LogP contribution is 2.35. The summed E-state index contributed by atoms with van der Waals surface area (Å²) in [5, 5.41) is 9.84. The lowest BCUT2D eigenvalue weighted by atomic mass is 10.2. The fraction of sp³-hybridized carbons (Fsp3) is 0.200. The zero-order chi connectivity index (χ0) is 15.6. The zero-order valence-corrected chi connectivity index (χ0v) is 12.9. The molecule has 112 valence electrons. The van der Waals surface area contributed by atoms with Crippen LogP contribution in [0.4, 0.5) is 5.69 Å². The molecule has 0 amide bonds. The molecule has 2 N–H and O–H groups in total. The molecule has 0 atom stereocenters. The van der Waals surface area contributed by atoms with Gasteiger partial charge in [0, 0.05) is 0 Å². The summed E-state index contributed by atoms with van der Waals surface area (Å²) in [6.07, 6.45) is 0. The number of aromatic hydroxyl groups is 1. The van der Waals surface area contributed by atoms with Gasteiger partial charge in [-0.1, -0.05) is 23.8 Å². The molecule has 21 heavy (non-hydrogen) atoms. The first-order valence-electron chi connectivity index (χ1n) is 6.31. The van der Waals surface area contributed by atoms with Crippen molar-refractivity contribution in [1.29, 1.82) is 0 Å². The van der Waals surface area contributed by atoms with Crippen molar-refractivity contribution in [3.63, 3.8) is 0 Å². The summed E-state index contributed by atoms with van der Waals surface area (Å²) >= 11 is 0. The topological polar surface area (TPSA) is 75.6 Å². The highest BCUT2D eigenvalue weighted by atomic mass is 32.2. The van der Waals surface area contributed by atoms with Crippen LogP contribution in [0, 0.1) is 13.8 Å². The van der Waals surface area contributed by atoms with Crippen molar-refractivity contribution in [2.24, 2.45) is 0 Å².